The fourth-order valence-electron chi connectivity index (χ4n) is 3.81. The van der Waals surface area contributed by atoms with Crippen molar-refractivity contribution in [3.05, 3.63) is 58.5 Å². The Labute approximate surface area is 179 Å². The molecule has 31 heavy (non-hydrogen) atoms. The van der Waals surface area contributed by atoms with Crippen molar-refractivity contribution in [1.29, 1.82) is 0 Å². The first-order valence-corrected chi connectivity index (χ1v) is 10.1. The van der Waals surface area contributed by atoms with Crippen molar-refractivity contribution in [2.75, 3.05) is 11.9 Å². The molecule has 0 bridgehead atoms. The van der Waals surface area contributed by atoms with E-state index in [1.165, 1.54) is 0 Å². The standard InChI is InChI=1S/C22H24N6O3/c1-13-9-19-24-14(2)18(15(3)28(19)26-13)7-8-20(29)25-17-6-4-5-16(10-17)12-27-21(30)11-23-22(27)31/h4-6,9-10H,7-8,11-12H2,1-3H3,(H,23,31)(H,25,29). The second-order valence-corrected chi connectivity index (χ2v) is 7.70. The van der Waals surface area contributed by atoms with Gasteiger partial charge in [-0.05, 0) is 50.5 Å². The molecule has 0 aliphatic carbocycles. The number of imide groups is 1. The Morgan fingerprint density at radius 2 is 2.00 bits per heavy atom. The number of aromatic nitrogens is 3. The van der Waals surface area contributed by atoms with Gasteiger partial charge in [0.25, 0.3) is 0 Å². The van der Waals surface area contributed by atoms with Crippen LogP contribution in [0.15, 0.2) is 30.3 Å². The molecular formula is C22H24N6O3. The second kappa shape index (κ2) is 8.17. The van der Waals surface area contributed by atoms with Gasteiger partial charge in [0.2, 0.25) is 11.8 Å². The monoisotopic (exact) mass is 420 g/mol. The lowest BCUT2D eigenvalue weighted by Crippen LogP contribution is -2.30. The Morgan fingerprint density at radius 1 is 1.19 bits per heavy atom. The van der Waals surface area contributed by atoms with E-state index in [2.05, 4.69) is 20.7 Å². The number of amides is 4. The van der Waals surface area contributed by atoms with Crippen LogP contribution in [0.4, 0.5) is 10.5 Å². The molecule has 1 saturated heterocycles. The first-order valence-electron chi connectivity index (χ1n) is 10.1. The molecule has 3 heterocycles. The summed E-state index contributed by atoms with van der Waals surface area (Å²) < 4.78 is 1.81. The zero-order valence-corrected chi connectivity index (χ0v) is 17.7. The molecule has 9 heteroatoms. The van der Waals surface area contributed by atoms with Gasteiger partial charge >= 0.3 is 6.03 Å². The number of aryl methyl sites for hydroxylation is 3. The van der Waals surface area contributed by atoms with Crippen molar-refractivity contribution in [3.8, 4) is 0 Å². The Balaban J connectivity index is 1.41. The zero-order chi connectivity index (χ0) is 22.1. The number of nitrogens with one attached hydrogen (secondary N) is 2. The van der Waals surface area contributed by atoms with Crippen LogP contribution < -0.4 is 10.6 Å². The number of urea groups is 1. The Kier molecular flexibility index (Phi) is 5.41. The zero-order valence-electron chi connectivity index (χ0n) is 17.7. The van der Waals surface area contributed by atoms with Crippen LogP contribution in [0.5, 0.6) is 0 Å². The van der Waals surface area contributed by atoms with Crippen molar-refractivity contribution < 1.29 is 14.4 Å². The highest BCUT2D eigenvalue weighted by Gasteiger charge is 2.28. The van der Waals surface area contributed by atoms with E-state index in [9.17, 15) is 14.4 Å². The molecule has 1 fully saturated rings. The number of rotatable bonds is 6. The minimum Gasteiger partial charge on any atom is -0.329 e. The van der Waals surface area contributed by atoms with Gasteiger partial charge in [-0.1, -0.05) is 12.1 Å². The van der Waals surface area contributed by atoms with Gasteiger partial charge in [0.1, 0.15) is 0 Å². The third-order valence-electron chi connectivity index (χ3n) is 5.38. The number of carbonyl (C=O) groups is 3. The Morgan fingerprint density at radius 3 is 2.74 bits per heavy atom. The molecule has 0 unspecified atom stereocenters. The second-order valence-electron chi connectivity index (χ2n) is 7.70. The molecular weight excluding hydrogens is 396 g/mol. The van der Waals surface area contributed by atoms with Crippen LogP contribution in [0.25, 0.3) is 5.65 Å². The van der Waals surface area contributed by atoms with E-state index in [0.717, 1.165) is 38.8 Å². The van der Waals surface area contributed by atoms with Crippen LogP contribution >= 0.6 is 0 Å². The summed E-state index contributed by atoms with van der Waals surface area (Å²) in [6.07, 6.45) is 0.847. The molecule has 1 aliphatic rings. The summed E-state index contributed by atoms with van der Waals surface area (Å²) in [5.41, 5.74) is 5.99. The number of fused-ring (bicyclic) bond motifs is 1. The summed E-state index contributed by atoms with van der Waals surface area (Å²) in [5, 5.41) is 9.86. The third kappa shape index (κ3) is 4.25. The van der Waals surface area contributed by atoms with Gasteiger partial charge in [-0.25, -0.2) is 14.3 Å². The third-order valence-corrected chi connectivity index (χ3v) is 5.38. The average molecular weight is 420 g/mol. The Bertz CT molecular complexity index is 1180. The first kappa shape index (κ1) is 20.5. The minimum atomic E-state index is -0.400. The molecule has 2 N–H and O–H groups in total. The van der Waals surface area contributed by atoms with Crippen molar-refractivity contribution >= 4 is 29.2 Å². The lowest BCUT2D eigenvalue weighted by atomic mass is 10.1. The maximum absolute atomic E-state index is 12.6. The number of nitrogens with zero attached hydrogens (tertiary/aromatic N) is 4. The molecule has 1 aliphatic heterocycles. The predicted octanol–water partition coefficient (Wildman–Crippen LogP) is 2.28. The van der Waals surface area contributed by atoms with Gasteiger partial charge < -0.3 is 10.6 Å². The largest absolute Gasteiger partial charge is 0.329 e. The SMILES string of the molecule is Cc1cc2nc(C)c(CCC(=O)Nc3cccc(CN4C(=O)CNC4=O)c3)c(C)n2n1. The molecule has 0 atom stereocenters. The highest BCUT2D eigenvalue weighted by molar-refractivity contribution is 6.01. The summed E-state index contributed by atoms with van der Waals surface area (Å²) in [5.74, 6) is -0.384. The molecule has 1 aromatic carbocycles. The molecule has 160 valence electrons. The maximum atomic E-state index is 12.6. The molecule has 0 radical (unpaired) electrons. The van der Waals surface area contributed by atoms with Crippen LogP contribution in [0.2, 0.25) is 0 Å². The van der Waals surface area contributed by atoms with Crippen LogP contribution in [-0.4, -0.2) is 43.9 Å². The highest BCUT2D eigenvalue weighted by Crippen LogP contribution is 2.18. The number of hydrogen-bond donors (Lipinski definition) is 2. The molecule has 2 aromatic heterocycles. The van der Waals surface area contributed by atoms with Crippen molar-refractivity contribution in [3.63, 3.8) is 0 Å². The maximum Gasteiger partial charge on any atom is 0.324 e. The molecule has 4 amide bonds. The van der Waals surface area contributed by atoms with Crippen LogP contribution in [-0.2, 0) is 22.6 Å². The fraction of sp³-hybridized carbons (Fsp3) is 0.318. The van der Waals surface area contributed by atoms with E-state index in [0.29, 0.717) is 18.5 Å². The summed E-state index contributed by atoms with van der Waals surface area (Å²) in [7, 11) is 0. The number of hydrogen-bond acceptors (Lipinski definition) is 5. The minimum absolute atomic E-state index is 0.0207. The first-order chi connectivity index (χ1) is 14.8. The highest BCUT2D eigenvalue weighted by atomic mass is 16.2. The fourth-order valence-corrected chi connectivity index (χ4v) is 3.81. The van der Waals surface area contributed by atoms with Crippen molar-refractivity contribution in [2.24, 2.45) is 0 Å². The Hall–Kier alpha value is -3.75. The van der Waals surface area contributed by atoms with Gasteiger partial charge in [0.15, 0.2) is 5.65 Å². The van der Waals surface area contributed by atoms with Gasteiger partial charge in [-0.2, -0.15) is 5.10 Å². The van der Waals surface area contributed by atoms with Crippen molar-refractivity contribution in [2.45, 2.75) is 40.2 Å². The molecule has 0 spiro atoms. The number of anilines is 1. The van der Waals surface area contributed by atoms with Gasteiger partial charge in [0, 0.05) is 29.6 Å². The van der Waals surface area contributed by atoms with Crippen LogP contribution in [0, 0.1) is 20.8 Å². The predicted molar refractivity (Wildman–Crippen MR) is 115 cm³/mol. The summed E-state index contributed by atoms with van der Waals surface area (Å²) in [6.45, 7) is 6.05. The van der Waals surface area contributed by atoms with Crippen LogP contribution in [0.1, 0.15) is 34.6 Å². The lowest BCUT2D eigenvalue weighted by molar-refractivity contribution is -0.125. The number of carbonyl (C=O) groups excluding carboxylic acids is 3. The molecule has 9 nitrogen and oxygen atoms in total. The van der Waals surface area contributed by atoms with Crippen LogP contribution in [0.3, 0.4) is 0 Å². The lowest BCUT2D eigenvalue weighted by Gasteiger charge is -2.14. The van der Waals surface area contributed by atoms with Crippen molar-refractivity contribution in [1.82, 2.24) is 24.8 Å². The summed E-state index contributed by atoms with van der Waals surface area (Å²) in [6, 6.07) is 8.69. The van der Waals surface area contributed by atoms with Gasteiger partial charge in [-0.3, -0.25) is 14.5 Å². The van der Waals surface area contributed by atoms with E-state index in [-0.39, 0.29) is 24.9 Å². The average Bonchev–Trinajstić information content (AvgIpc) is 3.24. The van der Waals surface area contributed by atoms with Gasteiger partial charge in [-0.15, -0.1) is 0 Å². The van der Waals surface area contributed by atoms with E-state index < -0.39 is 6.03 Å². The van der Waals surface area contributed by atoms with E-state index >= 15 is 0 Å². The quantitative estimate of drug-likeness (QED) is 0.595. The summed E-state index contributed by atoms with van der Waals surface area (Å²) >= 11 is 0. The number of benzene rings is 1. The smallest absolute Gasteiger partial charge is 0.324 e. The topological polar surface area (TPSA) is 109 Å². The molecule has 0 saturated carbocycles. The molecule has 4 rings (SSSR count). The normalized spacial score (nSPS) is 13.7. The van der Waals surface area contributed by atoms with E-state index in [4.69, 9.17) is 0 Å². The van der Waals surface area contributed by atoms with Gasteiger partial charge in [0.05, 0.1) is 18.8 Å². The summed E-state index contributed by atoms with van der Waals surface area (Å²) in [4.78, 5) is 41.8. The van der Waals surface area contributed by atoms with E-state index in [1.54, 1.807) is 18.2 Å². The van der Waals surface area contributed by atoms with E-state index in [1.807, 2.05) is 37.4 Å². The molecule has 3 aromatic rings.